The average molecular weight is 330 g/mol. The van der Waals surface area contributed by atoms with E-state index in [1.807, 2.05) is 24.3 Å². The predicted octanol–water partition coefficient (Wildman–Crippen LogP) is 1.52. The fourth-order valence-corrected chi connectivity index (χ4v) is 2.05. The number of nitrogens with zero attached hydrogens (tertiary/aromatic N) is 2. The van der Waals surface area contributed by atoms with Crippen LogP contribution in [0.4, 0.5) is 5.95 Å². The Hall–Kier alpha value is -2.67. The van der Waals surface area contributed by atoms with Crippen LogP contribution in [0.15, 0.2) is 36.7 Å². The first-order chi connectivity index (χ1) is 11.7. The van der Waals surface area contributed by atoms with Gasteiger partial charge in [0.2, 0.25) is 5.95 Å². The van der Waals surface area contributed by atoms with E-state index in [9.17, 15) is 4.79 Å². The first kappa shape index (κ1) is 17.7. The zero-order valence-corrected chi connectivity index (χ0v) is 13.9. The summed E-state index contributed by atoms with van der Waals surface area (Å²) in [5.41, 5.74) is 1.53. The van der Waals surface area contributed by atoms with E-state index in [1.165, 1.54) is 12.4 Å². The molecule has 0 aliphatic heterocycles. The number of amides is 1. The smallest absolute Gasteiger partial charge is 0.254 e. The Kier molecular flexibility index (Phi) is 6.97. The summed E-state index contributed by atoms with van der Waals surface area (Å²) in [4.78, 5) is 20.3. The molecule has 0 atom stereocenters. The summed E-state index contributed by atoms with van der Waals surface area (Å²) in [5.74, 6) is 1.09. The summed E-state index contributed by atoms with van der Waals surface area (Å²) in [6.45, 7) is 1.71. The molecule has 1 heterocycles. The first-order valence-electron chi connectivity index (χ1n) is 7.69. The second kappa shape index (κ2) is 9.46. The van der Waals surface area contributed by atoms with Crippen LogP contribution in [0.3, 0.4) is 0 Å². The van der Waals surface area contributed by atoms with Gasteiger partial charge in [0, 0.05) is 32.6 Å². The monoisotopic (exact) mass is 330 g/mol. The van der Waals surface area contributed by atoms with Crippen LogP contribution in [0.25, 0.3) is 0 Å². The second-order valence-corrected chi connectivity index (χ2v) is 5.07. The molecular formula is C17H22N4O3. The van der Waals surface area contributed by atoms with Gasteiger partial charge in [-0.05, 0) is 24.1 Å². The summed E-state index contributed by atoms with van der Waals surface area (Å²) in [6.07, 6.45) is 3.73. The van der Waals surface area contributed by atoms with Crippen molar-refractivity contribution in [2.75, 3.05) is 39.2 Å². The Balaban J connectivity index is 1.79. The van der Waals surface area contributed by atoms with Gasteiger partial charge in [-0.25, -0.2) is 9.97 Å². The zero-order valence-electron chi connectivity index (χ0n) is 13.9. The molecule has 1 aromatic heterocycles. The molecule has 0 radical (unpaired) electrons. The van der Waals surface area contributed by atoms with Crippen LogP contribution in [0, 0.1) is 0 Å². The number of hydrogen-bond donors (Lipinski definition) is 2. The summed E-state index contributed by atoms with van der Waals surface area (Å²) in [5, 5.41) is 5.85. The zero-order chi connectivity index (χ0) is 17.2. The lowest BCUT2D eigenvalue weighted by atomic mass is 10.1. The largest absolute Gasteiger partial charge is 0.497 e. The number of rotatable bonds is 9. The quantitative estimate of drug-likeness (QED) is 0.678. The normalized spacial score (nSPS) is 10.2. The number of benzene rings is 1. The molecule has 128 valence electrons. The van der Waals surface area contributed by atoms with E-state index in [-0.39, 0.29) is 5.91 Å². The molecule has 1 aromatic carbocycles. The molecule has 7 heteroatoms. The minimum Gasteiger partial charge on any atom is -0.497 e. The molecule has 0 unspecified atom stereocenters. The number of carbonyl (C=O) groups is 1. The van der Waals surface area contributed by atoms with Crippen LogP contribution >= 0.6 is 0 Å². The van der Waals surface area contributed by atoms with Crippen molar-refractivity contribution in [1.29, 1.82) is 0 Å². The number of hydrogen-bond acceptors (Lipinski definition) is 6. The molecule has 2 rings (SSSR count). The van der Waals surface area contributed by atoms with Crippen LogP contribution in [-0.4, -0.2) is 49.8 Å². The standard InChI is InChI=1S/C17H22N4O3/c1-23-9-8-19-17-20-11-14(12-21-17)16(22)18-7-6-13-4-3-5-15(10-13)24-2/h3-5,10-12H,6-9H2,1-2H3,(H,18,22)(H,19,20,21). The van der Waals surface area contributed by atoms with Crippen molar-refractivity contribution in [1.82, 2.24) is 15.3 Å². The maximum atomic E-state index is 12.1. The molecule has 7 nitrogen and oxygen atoms in total. The highest BCUT2D eigenvalue weighted by Gasteiger charge is 2.07. The van der Waals surface area contributed by atoms with Gasteiger partial charge >= 0.3 is 0 Å². The Morgan fingerprint density at radius 3 is 2.67 bits per heavy atom. The van der Waals surface area contributed by atoms with Crippen molar-refractivity contribution in [2.45, 2.75) is 6.42 Å². The molecule has 0 aliphatic rings. The molecule has 2 aromatic rings. The second-order valence-electron chi connectivity index (χ2n) is 5.07. The fourth-order valence-electron chi connectivity index (χ4n) is 2.05. The molecule has 0 fully saturated rings. The molecule has 0 spiro atoms. The van der Waals surface area contributed by atoms with E-state index < -0.39 is 0 Å². The molecule has 0 bridgehead atoms. The van der Waals surface area contributed by atoms with Gasteiger partial charge in [-0.1, -0.05) is 12.1 Å². The summed E-state index contributed by atoms with van der Waals surface area (Å²) in [6, 6.07) is 7.77. The Bertz CT molecular complexity index is 647. The van der Waals surface area contributed by atoms with E-state index in [2.05, 4.69) is 20.6 Å². The number of carbonyl (C=O) groups excluding carboxylic acids is 1. The van der Waals surface area contributed by atoms with Crippen LogP contribution < -0.4 is 15.4 Å². The van der Waals surface area contributed by atoms with Gasteiger partial charge in [0.1, 0.15) is 5.75 Å². The molecule has 0 saturated heterocycles. The van der Waals surface area contributed by atoms with Crippen molar-refractivity contribution in [3.05, 3.63) is 47.8 Å². The topological polar surface area (TPSA) is 85.4 Å². The van der Waals surface area contributed by atoms with Crippen LogP contribution in [0.5, 0.6) is 5.75 Å². The van der Waals surface area contributed by atoms with Crippen molar-refractivity contribution < 1.29 is 14.3 Å². The van der Waals surface area contributed by atoms with Gasteiger partial charge in [0.15, 0.2) is 0 Å². The lowest BCUT2D eigenvalue weighted by Crippen LogP contribution is -2.26. The van der Waals surface area contributed by atoms with Crippen molar-refractivity contribution in [2.24, 2.45) is 0 Å². The highest BCUT2D eigenvalue weighted by atomic mass is 16.5. The maximum absolute atomic E-state index is 12.1. The van der Waals surface area contributed by atoms with Crippen LogP contribution in [-0.2, 0) is 11.2 Å². The fraction of sp³-hybridized carbons (Fsp3) is 0.353. The SMILES string of the molecule is COCCNc1ncc(C(=O)NCCc2cccc(OC)c2)cn1. The third kappa shape index (κ3) is 5.51. The molecule has 1 amide bonds. The van der Waals surface area contributed by atoms with Crippen molar-refractivity contribution in [3.63, 3.8) is 0 Å². The molecule has 0 saturated carbocycles. The van der Waals surface area contributed by atoms with E-state index in [1.54, 1.807) is 14.2 Å². The predicted molar refractivity (Wildman–Crippen MR) is 91.4 cm³/mol. The third-order valence-electron chi connectivity index (χ3n) is 3.34. The number of nitrogens with one attached hydrogen (secondary N) is 2. The minimum atomic E-state index is -0.193. The lowest BCUT2D eigenvalue weighted by molar-refractivity contribution is 0.0953. The Labute approximate surface area is 141 Å². The highest BCUT2D eigenvalue weighted by molar-refractivity contribution is 5.93. The van der Waals surface area contributed by atoms with E-state index in [0.29, 0.717) is 31.2 Å². The van der Waals surface area contributed by atoms with Gasteiger partial charge in [-0.15, -0.1) is 0 Å². The van der Waals surface area contributed by atoms with E-state index in [4.69, 9.17) is 9.47 Å². The number of methoxy groups -OCH3 is 2. The summed E-state index contributed by atoms with van der Waals surface area (Å²) >= 11 is 0. The lowest BCUT2D eigenvalue weighted by Gasteiger charge is -2.07. The van der Waals surface area contributed by atoms with E-state index in [0.717, 1.165) is 17.7 Å². The van der Waals surface area contributed by atoms with Crippen molar-refractivity contribution >= 4 is 11.9 Å². The molecule has 2 N–H and O–H groups in total. The van der Waals surface area contributed by atoms with Crippen molar-refractivity contribution in [3.8, 4) is 5.75 Å². The minimum absolute atomic E-state index is 0.193. The summed E-state index contributed by atoms with van der Waals surface area (Å²) < 4.78 is 10.1. The first-order valence-corrected chi connectivity index (χ1v) is 7.69. The van der Waals surface area contributed by atoms with Gasteiger partial charge in [-0.3, -0.25) is 4.79 Å². The summed E-state index contributed by atoms with van der Waals surface area (Å²) in [7, 11) is 3.26. The molecule has 0 aliphatic carbocycles. The highest BCUT2D eigenvalue weighted by Crippen LogP contribution is 2.12. The van der Waals surface area contributed by atoms with Gasteiger partial charge < -0.3 is 20.1 Å². The number of aromatic nitrogens is 2. The van der Waals surface area contributed by atoms with Crippen LogP contribution in [0.2, 0.25) is 0 Å². The average Bonchev–Trinajstić information content (AvgIpc) is 2.62. The Morgan fingerprint density at radius 2 is 1.96 bits per heavy atom. The van der Waals surface area contributed by atoms with Gasteiger partial charge in [0.05, 0.1) is 19.3 Å². The Morgan fingerprint density at radius 1 is 1.17 bits per heavy atom. The van der Waals surface area contributed by atoms with Gasteiger partial charge in [0.25, 0.3) is 5.91 Å². The third-order valence-corrected chi connectivity index (χ3v) is 3.34. The van der Waals surface area contributed by atoms with Crippen LogP contribution in [0.1, 0.15) is 15.9 Å². The molecule has 24 heavy (non-hydrogen) atoms. The van der Waals surface area contributed by atoms with E-state index >= 15 is 0 Å². The molecular weight excluding hydrogens is 308 g/mol. The number of anilines is 1. The van der Waals surface area contributed by atoms with Gasteiger partial charge in [-0.2, -0.15) is 0 Å². The number of ether oxygens (including phenoxy) is 2. The maximum Gasteiger partial charge on any atom is 0.254 e.